The fraction of sp³-hybridized carbons (Fsp3) is 0.538. The van der Waals surface area contributed by atoms with Gasteiger partial charge in [0.1, 0.15) is 6.23 Å². The van der Waals surface area contributed by atoms with E-state index in [0.29, 0.717) is 5.92 Å². The molecular weight excluding hydrogens is 186 g/mol. The zero-order valence-corrected chi connectivity index (χ0v) is 9.48. The molecule has 0 bridgehead atoms. The Hall–Kier alpha value is -1.02. The summed E-state index contributed by atoms with van der Waals surface area (Å²) in [6, 6.07) is 8.55. The van der Waals surface area contributed by atoms with Crippen molar-refractivity contribution in [1.82, 2.24) is 0 Å². The topological polar surface area (TPSA) is 23.5 Å². The third-order valence-electron chi connectivity index (χ3n) is 3.11. The van der Waals surface area contributed by atoms with E-state index in [4.69, 9.17) is 0 Å². The summed E-state index contributed by atoms with van der Waals surface area (Å²) in [6.07, 6.45) is 1.70. The first-order valence-corrected chi connectivity index (χ1v) is 5.73. The van der Waals surface area contributed by atoms with Crippen molar-refractivity contribution in [3.63, 3.8) is 0 Å². The van der Waals surface area contributed by atoms with Crippen molar-refractivity contribution >= 4 is 5.69 Å². The SMILES string of the molecule is CC(C)c1ccc(N2CCCC2O)cc1. The number of aliphatic hydroxyl groups excluding tert-OH is 1. The molecule has 1 aliphatic rings. The Morgan fingerprint density at radius 2 is 1.93 bits per heavy atom. The summed E-state index contributed by atoms with van der Waals surface area (Å²) in [5.74, 6) is 0.572. The van der Waals surface area contributed by atoms with Crippen LogP contribution in [0.25, 0.3) is 0 Å². The maximum atomic E-state index is 9.75. The Morgan fingerprint density at radius 1 is 1.27 bits per heavy atom. The lowest BCUT2D eigenvalue weighted by Crippen LogP contribution is -2.28. The zero-order valence-electron chi connectivity index (χ0n) is 9.48. The molecule has 2 rings (SSSR count). The minimum atomic E-state index is -0.283. The van der Waals surface area contributed by atoms with E-state index in [2.05, 4.69) is 43.0 Å². The van der Waals surface area contributed by atoms with Gasteiger partial charge in [0.15, 0.2) is 0 Å². The predicted molar refractivity (Wildman–Crippen MR) is 63.1 cm³/mol. The van der Waals surface area contributed by atoms with E-state index in [-0.39, 0.29) is 6.23 Å². The molecule has 1 aromatic rings. The average Bonchev–Trinajstić information content (AvgIpc) is 2.65. The van der Waals surface area contributed by atoms with Crippen LogP contribution >= 0.6 is 0 Å². The predicted octanol–water partition coefficient (Wildman–Crippen LogP) is 2.73. The summed E-state index contributed by atoms with van der Waals surface area (Å²) in [6.45, 7) is 5.36. The number of hydrogen-bond donors (Lipinski definition) is 1. The van der Waals surface area contributed by atoms with Crippen molar-refractivity contribution in [3.05, 3.63) is 29.8 Å². The lowest BCUT2D eigenvalue weighted by molar-refractivity contribution is 0.185. The summed E-state index contributed by atoms with van der Waals surface area (Å²) in [5, 5.41) is 9.75. The molecule has 0 aliphatic carbocycles. The quantitative estimate of drug-likeness (QED) is 0.802. The number of anilines is 1. The van der Waals surface area contributed by atoms with Crippen LogP contribution in [0.3, 0.4) is 0 Å². The van der Waals surface area contributed by atoms with Crippen molar-refractivity contribution in [2.24, 2.45) is 0 Å². The lowest BCUT2D eigenvalue weighted by atomic mass is 10.0. The summed E-state index contributed by atoms with van der Waals surface area (Å²) in [4.78, 5) is 2.07. The van der Waals surface area contributed by atoms with Gasteiger partial charge >= 0.3 is 0 Å². The van der Waals surface area contributed by atoms with E-state index in [1.54, 1.807) is 0 Å². The molecule has 1 N–H and O–H groups in total. The summed E-state index contributed by atoms with van der Waals surface area (Å²) in [7, 11) is 0. The number of rotatable bonds is 2. The smallest absolute Gasteiger partial charge is 0.126 e. The van der Waals surface area contributed by atoms with Crippen LogP contribution in [-0.4, -0.2) is 17.9 Å². The third kappa shape index (κ3) is 2.15. The van der Waals surface area contributed by atoms with Crippen molar-refractivity contribution in [1.29, 1.82) is 0 Å². The maximum absolute atomic E-state index is 9.75. The first-order chi connectivity index (χ1) is 7.18. The van der Waals surface area contributed by atoms with Crippen LogP contribution in [-0.2, 0) is 0 Å². The molecule has 0 amide bonds. The van der Waals surface area contributed by atoms with Crippen LogP contribution in [0.2, 0.25) is 0 Å². The highest BCUT2D eigenvalue weighted by molar-refractivity contribution is 5.49. The minimum absolute atomic E-state index is 0.283. The van der Waals surface area contributed by atoms with Crippen LogP contribution in [0.5, 0.6) is 0 Å². The minimum Gasteiger partial charge on any atom is -0.374 e. The van der Waals surface area contributed by atoms with Crippen LogP contribution in [0, 0.1) is 0 Å². The highest BCUT2D eigenvalue weighted by Gasteiger charge is 2.21. The Bertz CT molecular complexity index is 318. The van der Waals surface area contributed by atoms with Gasteiger partial charge in [-0.05, 0) is 36.5 Å². The summed E-state index contributed by atoms with van der Waals surface area (Å²) in [5.41, 5.74) is 2.50. The van der Waals surface area contributed by atoms with E-state index in [1.165, 1.54) is 5.56 Å². The molecule has 1 fully saturated rings. The van der Waals surface area contributed by atoms with Crippen molar-refractivity contribution < 1.29 is 5.11 Å². The molecule has 0 aromatic heterocycles. The van der Waals surface area contributed by atoms with E-state index in [9.17, 15) is 5.11 Å². The van der Waals surface area contributed by atoms with Gasteiger partial charge in [0.05, 0.1) is 0 Å². The molecule has 0 radical (unpaired) electrons. The zero-order chi connectivity index (χ0) is 10.8. The molecule has 82 valence electrons. The fourth-order valence-corrected chi connectivity index (χ4v) is 2.10. The van der Waals surface area contributed by atoms with Gasteiger partial charge in [-0.15, -0.1) is 0 Å². The van der Waals surface area contributed by atoms with E-state index in [0.717, 1.165) is 25.1 Å². The van der Waals surface area contributed by atoms with Gasteiger partial charge in [-0.25, -0.2) is 0 Å². The molecule has 15 heavy (non-hydrogen) atoms. The van der Waals surface area contributed by atoms with Crippen LogP contribution < -0.4 is 4.90 Å². The molecular formula is C13H19NO. The number of benzene rings is 1. The van der Waals surface area contributed by atoms with Gasteiger partial charge < -0.3 is 10.0 Å². The average molecular weight is 205 g/mol. The second kappa shape index (κ2) is 4.23. The molecule has 2 heteroatoms. The lowest BCUT2D eigenvalue weighted by Gasteiger charge is -2.22. The third-order valence-corrected chi connectivity index (χ3v) is 3.11. The summed E-state index contributed by atoms with van der Waals surface area (Å²) >= 11 is 0. The molecule has 1 heterocycles. The van der Waals surface area contributed by atoms with Crippen LogP contribution in [0.4, 0.5) is 5.69 Å². The van der Waals surface area contributed by atoms with Gasteiger partial charge in [0, 0.05) is 12.2 Å². The normalized spacial score (nSPS) is 21.3. The molecule has 0 saturated carbocycles. The standard InChI is InChI=1S/C13H19NO/c1-10(2)11-5-7-12(8-6-11)14-9-3-4-13(14)15/h5-8,10,13,15H,3-4,9H2,1-2H3. The molecule has 1 atom stereocenters. The van der Waals surface area contributed by atoms with Crippen molar-refractivity contribution in [2.45, 2.75) is 38.8 Å². The Labute approximate surface area is 91.5 Å². The van der Waals surface area contributed by atoms with E-state index in [1.807, 2.05) is 0 Å². The highest BCUT2D eigenvalue weighted by Crippen LogP contribution is 2.25. The second-order valence-electron chi connectivity index (χ2n) is 4.56. The monoisotopic (exact) mass is 205 g/mol. The highest BCUT2D eigenvalue weighted by atomic mass is 16.3. The largest absolute Gasteiger partial charge is 0.374 e. The van der Waals surface area contributed by atoms with Gasteiger partial charge in [-0.2, -0.15) is 0 Å². The molecule has 1 unspecified atom stereocenters. The number of hydrogen-bond acceptors (Lipinski definition) is 2. The Kier molecular flexibility index (Phi) is 2.96. The van der Waals surface area contributed by atoms with Gasteiger partial charge in [-0.1, -0.05) is 26.0 Å². The molecule has 1 saturated heterocycles. The summed E-state index contributed by atoms with van der Waals surface area (Å²) < 4.78 is 0. The van der Waals surface area contributed by atoms with Crippen molar-refractivity contribution in [3.8, 4) is 0 Å². The van der Waals surface area contributed by atoms with Crippen LogP contribution in [0.1, 0.15) is 38.2 Å². The number of aliphatic hydroxyl groups is 1. The Balaban J connectivity index is 2.16. The van der Waals surface area contributed by atoms with Gasteiger partial charge in [-0.3, -0.25) is 0 Å². The molecule has 0 spiro atoms. The maximum Gasteiger partial charge on any atom is 0.126 e. The Morgan fingerprint density at radius 3 is 2.40 bits per heavy atom. The second-order valence-corrected chi connectivity index (χ2v) is 4.56. The van der Waals surface area contributed by atoms with Crippen molar-refractivity contribution in [2.75, 3.05) is 11.4 Å². The first-order valence-electron chi connectivity index (χ1n) is 5.73. The van der Waals surface area contributed by atoms with E-state index >= 15 is 0 Å². The molecule has 1 aliphatic heterocycles. The van der Waals surface area contributed by atoms with Gasteiger partial charge in [0.25, 0.3) is 0 Å². The fourth-order valence-electron chi connectivity index (χ4n) is 2.10. The van der Waals surface area contributed by atoms with E-state index < -0.39 is 0 Å². The first kappa shape index (κ1) is 10.5. The van der Waals surface area contributed by atoms with Crippen LogP contribution in [0.15, 0.2) is 24.3 Å². The van der Waals surface area contributed by atoms with Gasteiger partial charge in [0.2, 0.25) is 0 Å². The molecule has 1 aromatic carbocycles. The number of nitrogens with zero attached hydrogens (tertiary/aromatic N) is 1. The molecule has 2 nitrogen and oxygen atoms in total.